The van der Waals surface area contributed by atoms with Crippen LogP contribution >= 0.6 is 34.1 Å². The van der Waals surface area contributed by atoms with E-state index >= 15 is 0 Å². The molecular weight excluding hydrogens is 331 g/mol. The van der Waals surface area contributed by atoms with E-state index in [0.29, 0.717) is 11.3 Å². The summed E-state index contributed by atoms with van der Waals surface area (Å²) >= 11 is 3.80. The van der Waals surface area contributed by atoms with Crippen LogP contribution in [0.15, 0.2) is 0 Å². The fraction of sp³-hybridized carbons (Fsp3) is 0.833. The summed E-state index contributed by atoms with van der Waals surface area (Å²) in [6.07, 6.45) is 5.30. The first-order valence-electron chi connectivity index (χ1n) is 5.96. The molecule has 1 fully saturated rings. The van der Waals surface area contributed by atoms with E-state index in [9.17, 15) is 0 Å². The summed E-state index contributed by atoms with van der Waals surface area (Å²) in [5.74, 6) is 1.57. The fourth-order valence-corrected chi connectivity index (χ4v) is 4.03. The zero-order chi connectivity index (χ0) is 11.8. The lowest BCUT2D eigenvalue weighted by Gasteiger charge is -2.36. The first-order chi connectivity index (χ1) is 7.47. The molecule has 0 N–H and O–H groups in total. The number of hydrogen-bond donors (Lipinski definition) is 0. The number of aromatic nitrogens is 2. The van der Waals surface area contributed by atoms with Crippen LogP contribution in [-0.4, -0.2) is 9.36 Å². The molecule has 16 heavy (non-hydrogen) atoms. The third-order valence-electron chi connectivity index (χ3n) is 3.72. The fourth-order valence-electron chi connectivity index (χ4n) is 2.59. The molecule has 1 aliphatic carbocycles. The summed E-state index contributed by atoms with van der Waals surface area (Å²) in [6, 6.07) is 0. The van der Waals surface area contributed by atoms with Crippen molar-refractivity contribution in [3.63, 3.8) is 0 Å². The van der Waals surface area contributed by atoms with E-state index in [2.05, 4.69) is 52.7 Å². The van der Waals surface area contributed by atoms with Gasteiger partial charge in [-0.15, -0.1) is 0 Å². The van der Waals surface area contributed by atoms with Crippen LogP contribution in [0.25, 0.3) is 0 Å². The van der Waals surface area contributed by atoms with Crippen molar-refractivity contribution in [3.8, 4) is 0 Å². The van der Waals surface area contributed by atoms with Gasteiger partial charge < -0.3 is 0 Å². The SMILES string of the molecule is CC(C)(C)C1CCC(c2nc(I)ns2)CC1. The van der Waals surface area contributed by atoms with E-state index in [1.54, 1.807) is 11.5 Å². The second-order valence-electron chi connectivity index (χ2n) is 5.82. The molecule has 0 amide bonds. The van der Waals surface area contributed by atoms with Gasteiger partial charge in [-0.1, -0.05) is 20.8 Å². The Hall–Kier alpha value is 0.290. The minimum absolute atomic E-state index is 0.473. The van der Waals surface area contributed by atoms with Gasteiger partial charge >= 0.3 is 0 Å². The second kappa shape index (κ2) is 4.88. The molecule has 1 heterocycles. The highest BCUT2D eigenvalue weighted by atomic mass is 127. The van der Waals surface area contributed by atoms with E-state index in [-0.39, 0.29) is 0 Å². The largest absolute Gasteiger partial charge is 0.215 e. The summed E-state index contributed by atoms with van der Waals surface area (Å²) in [4.78, 5) is 4.52. The smallest absolute Gasteiger partial charge is 0.203 e. The van der Waals surface area contributed by atoms with E-state index < -0.39 is 0 Å². The van der Waals surface area contributed by atoms with Crippen molar-refractivity contribution in [2.75, 3.05) is 0 Å². The van der Waals surface area contributed by atoms with E-state index in [4.69, 9.17) is 0 Å². The van der Waals surface area contributed by atoms with Gasteiger partial charge in [0.25, 0.3) is 0 Å². The Morgan fingerprint density at radius 2 is 1.81 bits per heavy atom. The predicted octanol–water partition coefficient (Wildman–Crippen LogP) is 4.46. The van der Waals surface area contributed by atoms with Crippen molar-refractivity contribution >= 4 is 34.1 Å². The van der Waals surface area contributed by atoms with Crippen LogP contribution in [0.3, 0.4) is 0 Å². The standard InChI is InChI=1S/C12H19IN2S/c1-12(2,3)9-6-4-8(5-7-9)10-14-11(13)15-16-10/h8-9H,4-7H2,1-3H3. The molecule has 0 radical (unpaired) electrons. The lowest BCUT2D eigenvalue weighted by atomic mass is 9.70. The molecule has 0 aromatic carbocycles. The molecule has 0 spiro atoms. The molecule has 0 aliphatic heterocycles. The van der Waals surface area contributed by atoms with Gasteiger partial charge in [0, 0.05) is 28.5 Å². The van der Waals surface area contributed by atoms with Crippen LogP contribution in [-0.2, 0) is 0 Å². The Morgan fingerprint density at radius 3 is 2.25 bits per heavy atom. The van der Waals surface area contributed by atoms with Gasteiger partial charge in [-0.25, -0.2) is 4.98 Å². The van der Waals surface area contributed by atoms with Crippen LogP contribution in [0.5, 0.6) is 0 Å². The summed E-state index contributed by atoms with van der Waals surface area (Å²) in [5, 5.41) is 1.26. The molecular formula is C12H19IN2S. The minimum atomic E-state index is 0.473. The Bertz CT molecular complexity index is 348. The summed E-state index contributed by atoms with van der Waals surface area (Å²) < 4.78 is 5.19. The topological polar surface area (TPSA) is 25.8 Å². The third kappa shape index (κ3) is 2.94. The van der Waals surface area contributed by atoms with E-state index in [0.717, 1.165) is 9.75 Å². The zero-order valence-corrected chi connectivity index (χ0v) is 13.1. The summed E-state index contributed by atoms with van der Waals surface area (Å²) in [6.45, 7) is 7.10. The number of hydrogen-bond acceptors (Lipinski definition) is 3. The lowest BCUT2D eigenvalue weighted by Crippen LogP contribution is -2.25. The normalized spacial score (nSPS) is 27.0. The van der Waals surface area contributed by atoms with Crippen molar-refractivity contribution in [2.24, 2.45) is 11.3 Å². The molecule has 1 saturated carbocycles. The van der Waals surface area contributed by atoms with Crippen molar-refractivity contribution in [1.82, 2.24) is 9.36 Å². The molecule has 1 aliphatic rings. The van der Waals surface area contributed by atoms with Crippen LogP contribution in [0.2, 0.25) is 0 Å². The second-order valence-corrected chi connectivity index (χ2v) is 7.56. The van der Waals surface area contributed by atoms with Crippen LogP contribution < -0.4 is 0 Å². The maximum atomic E-state index is 4.52. The molecule has 1 aromatic heterocycles. The Balaban J connectivity index is 1.95. The molecule has 2 nitrogen and oxygen atoms in total. The van der Waals surface area contributed by atoms with Gasteiger partial charge in [-0.2, -0.15) is 4.37 Å². The predicted molar refractivity (Wildman–Crippen MR) is 76.8 cm³/mol. The molecule has 4 heteroatoms. The van der Waals surface area contributed by atoms with Crippen molar-refractivity contribution in [1.29, 1.82) is 0 Å². The lowest BCUT2D eigenvalue weighted by molar-refractivity contribution is 0.169. The van der Waals surface area contributed by atoms with E-state index in [1.807, 2.05) is 0 Å². The van der Waals surface area contributed by atoms with Gasteiger partial charge in [0.2, 0.25) is 3.83 Å². The van der Waals surface area contributed by atoms with Crippen LogP contribution in [0.1, 0.15) is 57.4 Å². The number of halogens is 1. The maximum Gasteiger partial charge on any atom is 0.203 e. The quantitative estimate of drug-likeness (QED) is 0.699. The van der Waals surface area contributed by atoms with Gasteiger partial charge in [0.15, 0.2) is 0 Å². The first kappa shape index (κ1) is 12.7. The average Bonchev–Trinajstić information content (AvgIpc) is 2.64. The molecule has 0 unspecified atom stereocenters. The minimum Gasteiger partial charge on any atom is -0.215 e. The Kier molecular flexibility index (Phi) is 3.89. The average molecular weight is 350 g/mol. The third-order valence-corrected chi connectivity index (χ3v) is 5.40. The maximum absolute atomic E-state index is 4.52. The summed E-state index contributed by atoms with van der Waals surface area (Å²) in [7, 11) is 0. The van der Waals surface area contributed by atoms with Gasteiger partial charge in [0.05, 0.1) is 0 Å². The highest BCUT2D eigenvalue weighted by Gasteiger charge is 2.31. The molecule has 2 rings (SSSR count). The number of nitrogens with zero attached hydrogens (tertiary/aromatic N) is 2. The Morgan fingerprint density at radius 1 is 1.19 bits per heavy atom. The van der Waals surface area contributed by atoms with Crippen molar-refractivity contribution < 1.29 is 0 Å². The van der Waals surface area contributed by atoms with E-state index in [1.165, 1.54) is 30.7 Å². The summed E-state index contributed by atoms with van der Waals surface area (Å²) in [5.41, 5.74) is 0.473. The zero-order valence-electron chi connectivity index (χ0n) is 10.2. The van der Waals surface area contributed by atoms with Gasteiger partial charge in [-0.05, 0) is 48.5 Å². The van der Waals surface area contributed by atoms with Crippen molar-refractivity contribution in [2.45, 2.75) is 52.4 Å². The van der Waals surface area contributed by atoms with Crippen LogP contribution in [0.4, 0.5) is 0 Å². The highest BCUT2D eigenvalue weighted by molar-refractivity contribution is 14.1. The van der Waals surface area contributed by atoms with Gasteiger partial charge in [-0.3, -0.25) is 0 Å². The van der Waals surface area contributed by atoms with Crippen LogP contribution in [0, 0.1) is 15.2 Å². The van der Waals surface area contributed by atoms with Gasteiger partial charge in [0.1, 0.15) is 5.01 Å². The molecule has 0 saturated heterocycles. The monoisotopic (exact) mass is 350 g/mol. The molecule has 1 aromatic rings. The Labute approximate surface area is 116 Å². The first-order valence-corrected chi connectivity index (χ1v) is 7.81. The molecule has 90 valence electrons. The highest BCUT2D eigenvalue weighted by Crippen LogP contribution is 2.43. The molecule has 0 atom stereocenters. The molecule has 0 bridgehead atoms. The number of rotatable bonds is 1. The van der Waals surface area contributed by atoms with Crippen molar-refractivity contribution in [3.05, 3.63) is 8.84 Å².